The van der Waals surface area contributed by atoms with Gasteiger partial charge in [0.1, 0.15) is 0 Å². The number of thioether (sulfide) groups is 2. The molecule has 112 valence electrons. The van der Waals surface area contributed by atoms with Crippen LogP contribution in [0.1, 0.15) is 13.8 Å². The van der Waals surface area contributed by atoms with Gasteiger partial charge in [-0.15, -0.1) is 11.8 Å². The number of hydrogen-bond acceptors (Lipinski definition) is 8. The number of nitrogens with zero attached hydrogens (tertiary/aromatic N) is 2. The maximum absolute atomic E-state index is 11.9. The van der Waals surface area contributed by atoms with Crippen molar-refractivity contribution >= 4 is 29.5 Å². The van der Waals surface area contributed by atoms with Crippen molar-refractivity contribution in [1.82, 2.24) is 9.97 Å². The third-order valence-corrected chi connectivity index (χ3v) is 4.41. The van der Waals surface area contributed by atoms with E-state index in [0.29, 0.717) is 23.5 Å². The molecule has 1 atom stereocenters. The second-order valence-electron chi connectivity index (χ2n) is 3.39. The molecule has 0 aromatic carbocycles. The average molecular weight is 318 g/mol. The Morgan fingerprint density at radius 3 is 2.30 bits per heavy atom. The molecule has 20 heavy (non-hydrogen) atoms. The molecule has 0 saturated carbocycles. The predicted octanol–water partition coefficient (Wildman–Crippen LogP) is 2.23. The molecule has 8 heteroatoms. The van der Waals surface area contributed by atoms with Gasteiger partial charge in [-0.2, -0.15) is 9.97 Å². The molecule has 0 radical (unpaired) electrons. The lowest BCUT2D eigenvalue weighted by atomic mass is 10.6. The third kappa shape index (κ3) is 5.09. The average Bonchev–Trinajstić information content (AvgIpc) is 2.46. The highest BCUT2D eigenvalue weighted by molar-refractivity contribution is 8.18. The first-order valence-corrected chi connectivity index (χ1v) is 7.99. The number of carbonyl (C=O) groups excluding carboxylic acids is 1. The Bertz CT molecular complexity index is 423. The number of esters is 1. The number of rotatable bonds is 8. The van der Waals surface area contributed by atoms with Gasteiger partial charge in [0.15, 0.2) is 9.74 Å². The van der Waals surface area contributed by atoms with Gasteiger partial charge in [-0.25, -0.2) is 4.79 Å². The van der Waals surface area contributed by atoms with Gasteiger partial charge in [0.2, 0.25) is 11.8 Å². The van der Waals surface area contributed by atoms with Crippen molar-refractivity contribution in [2.75, 3.05) is 26.6 Å². The van der Waals surface area contributed by atoms with E-state index in [1.807, 2.05) is 6.92 Å². The minimum absolute atomic E-state index is 0.283. The van der Waals surface area contributed by atoms with Gasteiger partial charge in [-0.1, -0.05) is 18.7 Å². The summed E-state index contributed by atoms with van der Waals surface area (Å²) in [6.45, 7) is 4.11. The van der Waals surface area contributed by atoms with Crippen molar-refractivity contribution in [3.8, 4) is 11.8 Å². The van der Waals surface area contributed by atoms with Crippen LogP contribution in [0.4, 0.5) is 0 Å². The minimum atomic E-state index is -0.406. The Morgan fingerprint density at radius 1 is 1.25 bits per heavy atom. The Hall–Kier alpha value is -1.15. The highest BCUT2D eigenvalue weighted by atomic mass is 32.2. The monoisotopic (exact) mass is 318 g/mol. The molecular formula is C12H18N2O4S2. The smallest absolute Gasteiger partial charge is 0.329 e. The lowest BCUT2D eigenvalue weighted by Crippen LogP contribution is -2.18. The summed E-state index contributed by atoms with van der Waals surface area (Å²) < 4.78 is 14.8. The van der Waals surface area contributed by atoms with Gasteiger partial charge < -0.3 is 14.2 Å². The highest BCUT2D eigenvalue weighted by Crippen LogP contribution is 2.31. The third-order valence-electron chi connectivity index (χ3n) is 2.09. The Labute approximate surface area is 127 Å². The largest absolute Gasteiger partial charge is 0.481 e. The summed E-state index contributed by atoms with van der Waals surface area (Å²) >= 11 is 2.70. The van der Waals surface area contributed by atoms with Crippen LogP contribution < -0.4 is 9.47 Å². The molecular weight excluding hydrogens is 300 g/mol. The SMILES string of the molecule is CCOC(=O)C(SCC)Sc1nc(OC)cc(OC)n1. The minimum Gasteiger partial charge on any atom is -0.481 e. The van der Waals surface area contributed by atoms with Crippen LogP contribution in [-0.4, -0.2) is 47.1 Å². The first-order chi connectivity index (χ1) is 9.64. The Kier molecular flexibility index (Phi) is 7.53. The van der Waals surface area contributed by atoms with E-state index in [0.717, 1.165) is 5.75 Å². The van der Waals surface area contributed by atoms with E-state index < -0.39 is 4.58 Å². The number of ether oxygens (including phenoxy) is 3. The molecule has 1 heterocycles. The summed E-state index contributed by atoms with van der Waals surface area (Å²) in [5, 5.41) is 0.417. The van der Waals surface area contributed by atoms with E-state index in [9.17, 15) is 4.79 Å². The second-order valence-corrected chi connectivity index (χ2v) is 6.15. The molecule has 1 rings (SSSR count). The number of carbonyl (C=O) groups is 1. The molecule has 0 N–H and O–H groups in total. The van der Waals surface area contributed by atoms with E-state index in [1.54, 1.807) is 13.0 Å². The van der Waals surface area contributed by atoms with Crippen molar-refractivity contribution in [2.45, 2.75) is 23.6 Å². The van der Waals surface area contributed by atoms with Crippen molar-refractivity contribution in [1.29, 1.82) is 0 Å². The quantitative estimate of drug-likeness (QED) is 0.313. The van der Waals surface area contributed by atoms with E-state index in [4.69, 9.17) is 14.2 Å². The van der Waals surface area contributed by atoms with Crippen molar-refractivity contribution in [3.05, 3.63) is 6.07 Å². The molecule has 0 aliphatic carbocycles. The van der Waals surface area contributed by atoms with Gasteiger partial charge in [-0.3, -0.25) is 0 Å². The lowest BCUT2D eigenvalue weighted by molar-refractivity contribution is -0.140. The Morgan fingerprint density at radius 2 is 1.85 bits per heavy atom. The zero-order valence-electron chi connectivity index (χ0n) is 11.9. The van der Waals surface area contributed by atoms with E-state index >= 15 is 0 Å². The van der Waals surface area contributed by atoms with Crippen molar-refractivity contribution < 1.29 is 19.0 Å². The molecule has 0 amide bonds. The molecule has 1 aromatic heterocycles. The van der Waals surface area contributed by atoms with Gasteiger partial charge in [0.25, 0.3) is 0 Å². The number of methoxy groups -OCH3 is 2. The fourth-order valence-electron chi connectivity index (χ4n) is 1.25. The summed E-state index contributed by atoms with van der Waals surface area (Å²) in [5.41, 5.74) is 0. The standard InChI is InChI=1S/C12H18N2O4S2/c1-5-18-10(15)11(19-6-2)20-12-13-8(16-3)7-9(14-12)17-4/h7,11H,5-6H2,1-4H3. The van der Waals surface area contributed by atoms with Crippen molar-refractivity contribution in [2.24, 2.45) is 0 Å². The first kappa shape index (κ1) is 16.9. The van der Waals surface area contributed by atoms with Crippen molar-refractivity contribution in [3.63, 3.8) is 0 Å². The second kappa shape index (κ2) is 8.91. The van der Waals surface area contributed by atoms with Crippen LogP contribution in [0, 0.1) is 0 Å². The van der Waals surface area contributed by atoms with Crippen LogP contribution in [0.3, 0.4) is 0 Å². The topological polar surface area (TPSA) is 70.5 Å². The van der Waals surface area contributed by atoms with Crippen LogP contribution in [0.25, 0.3) is 0 Å². The van der Waals surface area contributed by atoms with Crippen LogP contribution in [-0.2, 0) is 9.53 Å². The molecule has 0 aliphatic rings. The number of hydrogen-bond donors (Lipinski definition) is 0. The normalized spacial score (nSPS) is 11.8. The zero-order valence-corrected chi connectivity index (χ0v) is 13.5. The highest BCUT2D eigenvalue weighted by Gasteiger charge is 2.23. The molecule has 0 spiro atoms. The van der Waals surface area contributed by atoms with Crippen LogP contribution in [0.5, 0.6) is 11.8 Å². The van der Waals surface area contributed by atoms with Crippen LogP contribution in [0.2, 0.25) is 0 Å². The first-order valence-electron chi connectivity index (χ1n) is 6.06. The van der Waals surface area contributed by atoms with E-state index in [2.05, 4.69) is 9.97 Å². The van der Waals surface area contributed by atoms with Gasteiger partial charge >= 0.3 is 5.97 Å². The van der Waals surface area contributed by atoms with Gasteiger partial charge in [0.05, 0.1) is 26.9 Å². The molecule has 6 nitrogen and oxygen atoms in total. The summed E-state index contributed by atoms with van der Waals surface area (Å²) in [7, 11) is 3.03. The fraction of sp³-hybridized carbons (Fsp3) is 0.583. The maximum atomic E-state index is 11.9. The number of aromatic nitrogens is 2. The summed E-state index contributed by atoms with van der Waals surface area (Å²) in [4.78, 5) is 20.3. The fourth-order valence-corrected chi connectivity index (χ4v) is 3.34. The summed E-state index contributed by atoms with van der Waals surface area (Å²) in [6, 6.07) is 1.58. The lowest BCUT2D eigenvalue weighted by Gasteiger charge is -2.13. The van der Waals surface area contributed by atoms with Crippen LogP contribution in [0.15, 0.2) is 11.2 Å². The molecule has 1 aromatic rings. The van der Waals surface area contributed by atoms with E-state index in [-0.39, 0.29) is 5.97 Å². The molecule has 0 aliphatic heterocycles. The molecule has 1 unspecified atom stereocenters. The van der Waals surface area contributed by atoms with Gasteiger partial charge in [0, 0.05) is 0 Å². The van der Waals surface area contributed by atoms with E-state index in [1.165, 1.54) is 37.7 Å². The summed E-state index contributed by atoms with van der Waals surface area (Å²) in [6.07, 6.45) is 0. The Balaban J connectivity index is 2.89. The maximum Gasteiger partial charge on any atom is 0.329 e. The molecule has 0 bridgehead atoms. The predicted molar refractivity (Wildman–Crippen MR) is 79.5 cm³/mol. The van der Waals surface area contributed by atoms with Crippen LogP contribution >= 0.6 is 23.5 Å². The summed E-state index contributed by atoms with van der Waals surface area (Å²) in [5.74, 6) is 1.29. The molecule has 0 fully saturated rings. The van der Waals surface area contributed by atoms with Gasteiger partial charge in [-0.05, 0) is 12.7 Å². The zero-order chi connectivity index (χ0) is 15.0. The molecule has 0 saturated heterocycles.